The predicted molar refractivity (Wildman–Crippen MR) is 109 cm³/mol. The molecule has 1 aliphatic heterocycles. The number of fused-ring (bicyclic) bond motifs is 1. The minimum Gasteiger partial charge on any atom is -0.423 e. The Morgan fingerprint density at radius 3 is 2.86 bits per heavy atom. The number of nitrogens with zero attached hydrogens (tertiary/aromatic N) is 2. The van der Waals surface area contributed by atoms with Crippen LogP contribution in [0.25, 0.3) is 11.0 Å². The van der Waals surface area contributed by atoms with E-state index in [0.717, 1.165) is 29.5 Å². The molecule has 29 heavy (non-hydrogen) atoms. The second kappa shape index (κ2) is 7.66. The summed E-state index contributed by atoms with van der Waals surface area (Å²) in [7, 11) is 0. The lowest BCUT2D eigenvalue weighted by Gasteiger charge is -2.32. The van der Waals surface area contributed by atoms with Crippen LogP contribution >= 0.6 is 0 Å². The van der Waals surface area contributed by atoms with E-state index < -0.39 is 5.63 Å². The number of piperidine rings is 1. The van der Waals surface area contributed by atoms with Crippen molar-refractivity contribution < 1.29 is 9.21 Å². The van der Waals surface area contributed by atoms with Crippen molar-refractivity contribution in [1.82, 2.24) is 14.9 Å². The first-order valence-corrected chi connectivity index (χ1v) is 9.78. The molecule has 1 N–H and O–H groups in total. The van der Waals surface area contributed by atoms with Crippen molar-refractivity contribution >= 4 is 16.9 Å². The number of aryl methyl sites for hydroxylation is 2. The van der Waals surface area contributed by atoms with Crippen molar-refractivity contribution in [2.24, 2.45) is 0 Å². The molecule has 3 aromatic rings. The third kappa shape index (κ3) is 4.13. The average molecular weight is 393 g/mol. The van der Waals surface area contributed by atoms with E-state index in [2.05, 4.69) is 9.97 Å². The highest BCUT2D eigenvalue weighted by atomic mass is 16.4. The van der Waals surface area contributed by atoms with Crippen LogP contribution < -0.4 is 11.2 Å². The van der Waals surface area contributed by atoms with Crippen molar-refractivity contribution in [1.29, 1.82) is 0 Å². The lowest BCUT2D eigenvalue weighted by atomic mass is 9.94. The molecular formula is C22H23N3O4. The van der Waals surface area contributed by atoms with Crippen LogP contribution in [0.4, 0.5) is 0 Å². The zero-order chi connectivity index (χ0) is 20.5. The fraction of sp³-hybridized carbons (Fsp3) is 0.364. The Balaban J connectivity index is 1.56. The van der Waals surface area contributed by atoms with Gasteiger partial charge in [0.25, 0.3) is 5.56 Å². The van der Waals surface area contributed by atoms with E-state index in [1.165, 1.54) is 12.1 Å². The summed E-state index contributed by atoms with van der Waals surface area (Å²) in [6, 6.07) is 8.55. The van der Waals surface area contributed by atoms with E-state index in [4.69, 9.17) is 4.42 Å². The number of carbonyl (C=O) groups is 1. The van der Waals surface area contributed by atoms with Crippen LogP contribution in [-0.4, -0.2) is 33.9 Å². The zero-order valence-electron chi connectivity index (χ0n) is 16.5. The highest BCUT2D eigenvalue weighted by Crippen LogP contribution is 2.26. The third-order valence-electron chi connectivity index (χ3n) is 5.40. The Morgan fingerprint density at radius 1 is 1.24 bits per heavy atom. The van der Waals surface area contributed by atoms with Crippen LogP contribution in [-0.2, 0) is 11.2 Å². The predicted octanol–water partition coefficient (Wildman–Crippen LogP) is 2.44. The van der Waals surface area contributed by atoms with Gasteiger partial charge in [0.15, 0.2) is 0 Å². The molecule has 1 amide bonds. The van der Waals surface area contributed by atoms with Crippen molar-refractivity contribution in [2.45, 2.75) is 39.0 Å². The summed E-state index contributed by atoms with van der Waals surface area (Å²) in [6.45, 7) is 4.86. The number of nitrogens with one attached hydrogen (secondary N) is 1. The van der Waals surface area contributed by atoms with E-state index in [-0.39, 0.29) is 23.8 Å². The molecule has 1 saturated heterocycles. The second-order valence-corrected chi connectivity index (χ2v) is 7.70. The van der Waals surface area contributed by atoms with Crippen LogP contribution in [0.1, 0.15) is 41.4 Å². The molecule has 4 rings (SSSR count). The first kappa shape index (κ1) is 19.1. The van der Waals surface area contributed by atoms with Gasteiger partial charge in [-0.25, -0.2) is 9.78 Å². The number of likely N-dealkylation sites (tertiary alicyclic amines) is 1. The fourth-order valence-corrected chi connectivity index (χ4v) is 4.01. The summed E-state index contributed by atoms with van der Waals surface area (Å²) in [6.07, 6.45) is 1.87. The molecule has 7 nitrogen and oxygen atoms in total. The number of aromatic amines is 1. The van der Waals surface area contributed by atoms with Gasteiger partial charge >= 0.3 is 5.63 Å². The van der Waals surface area contributed by atoms with Gasteiger partial charge in [-0.15, -0.1) is 0 Å². The summed E-state index contributed by atoms with van der Waals surface area (Å²) < 4.78 is 5.29. The molecule has 0 spiro atoms. The number of H-pyrrole nitrogens is 1. The Bertz CT molecular complexity index is 1190. The molecule has 1 unspecified atom stereocenters. The van der Waals surface area contributed by atoms with Crippen LogP contribution in [0, 0.1) is 13.8 Å². The molecule has 1 aromatic carbocycles. The molecule has 150 valence electrons. The van der Waals surface area contributed by atoms with Gasteiger partial charge in [-0.05, 0) is 43.9 Å². The van der Waals surface area contributed by atoms with Crippen molar-refractivity contribution in [3.8, 4) is 0 Å². The maximum atomic E-state index is 13.0. The number of hydrogen-bond acceptors (Lipinski definition) is 5. The first-order valence-electron chi connectivity index (χ1n) is 9.78. The van der Waals surface area contributed by atoms with Crippen molar-refractivity contribution in [3.63, 3.8) is 0 Å². The van der Waals surface area contributed by atoms with E-state index in [9.17, 15) is 14.4 Å². The summed E-state index contributed by atoms with van der Waals surface area (Å²) in [5.74, 6) is 0.575. The summed E-state index contributed by atoms with van der Waals surface area (Å²) in [4.78, 5) is 45.6. The molecule has 2 aromatic heterocycles. The van der Waals surface area contributed by atoms with Crippen molar-refractivity contribution in [2.75, 3.05) is 13.1 Å². The van der Waals surface area contributed by atoms with Gasteiger partial charge in [0.1, 0.15) is 11.4 Å². The second-order valence-electron chi connectivity index (χ2n) is 7.70. The Labute approximate surface area is 167 Å². The van der Waals surface area contributed by atoms with Gasteiger partial charge in [0, 0.05) is 36.5 Å². The molecule has 7 heteroatoms. The number of amides is 1. The van der Waals surface area contributed by atoms with E-state index in [0.29, 0.717) is 30.1 Å². The third-order valence-corrected chi connectivity index (χ3v) is 5.40. The number of hydrogen-bond donors (Lipinski definition) is 1. The lowest BCUT2D eigenvalue weighted by molar-refractivity contribution is -0.131. The Hall–Kier alpha value is -3.22. The van der Waals surface area contributed by atoms with Gasteiger partial charge < -0.3 is 14.3 Å². The Kier molecular flexibility index (Phi) is 5.05. The van der Waals surface area contributed by atoms with E-state index in [1.807, 2.05) is 25.1 Å². The molecule has 0 bridgehead atoms. The number of rotatable bonds is 3. The topological polar surface area (TPSA) is 96.3 Å². The average Bonchev–Trinajstić information content (AvgIpc) is 2.66. The SMILES string of the molecule is Cc1ccc2c(CC(=O)N3CCCC(c4cc(=O)[nH]c(C)n4)C3)cc(=O)oc2c1. The van der Waals surface area contributed by atoms with Gasteiger partial charge in [-0.2, -0.15) is 0 Å². The minimum atomic E-state index is -0.453. The maximum Gasteiger partial charge on any atom is 0.336 e. The number of benzene rings is 1. The standard InChI is InChI=1S/C22H23N3O4/c1-13-5-6-17-16(10-22(28)29-19(17)8-13)9-21(27)25-7-3-4-15(12-25)18-11-20(26)24-14(2)23-18/h5-6,8,10-11,15H,3-4,7,9,12H2,1-2H3,(H,23,24,26). The summed E-state index contributed by atoms with van der Waals surface area (Å²) in [5.41, 5.74) is 2.27. The quantitative estimate of drug-likeness (QED) is 0.690. The zero-order valence-corrected chi connectivity index (χ0v) is 16.5. The molecule has 3 heterocycles. The highest BCUT2D eigenvalue weighted by molar-refractivity contribution is 5.87. The molecule has 0 aliphatic carbocycles. The lowest BCUT2D eigenvalue weighted by Crippen LogP contribution is -2.40. The van der Waals surface area contributed by atoms with Crippen LogP contribution in [0.15, 0.2) is 44.3 Å². The highest BCUT2D eigenvalue weighted by Gasteiger charge is 2.26. The van der Waals surface area contributed by atoms with Gasteiger partial charge in [0.2, 0.25) is 5.91 Å². The molecular weight excluding hydrogens is 370 g/mol. The smallest absolute Gasteiger partial charge is 0.336 e. The van der Waals surface area contributed by atoms with Gasteiger partial charge in [0.05, 0.1) is 12.1 Å². The van der Waals surface area contributed by atoms with Crippen LogP contribution in [0.2, 0.25) is 0 Å². The number of carbonyl (C=O) groups excluding carboxylic acids is 1. The molecule has 1 aliphatic rings. The van der Waals surface area contributed by atoms with Crippen LogP contribution in [0.5, 0.6) is 0 Å². The monoisotopic (exact) mass is 393 g/mol. The fourth-order valence-electron chi connectivity index (χ4n) is 4.01. The van der Waals surface area contributed by atoms with Gasteiger partial charge in [-0.1, -0.05) is 12.1 Å². The van der Waals surface area contributed by atoms with E-state index in [1.54, 1.807) is 11.8 Å². The first-order chi connectivity index (χ1) is 13.9. The minimum absolute atomic E-state index is 0.0361. The van der Waals surface area contributed by atoms with Gasteiger partial charge in [-0.3, -0.25) is 9.59 Å². The molecule has 0 saturated carbocycles. The Morgan fingerprint density at radius 2 is 2.07 bits per heavy atom. The summed E-state index contributed by atoms with van der Waals surface area (Å²) >= 11 is 0. The van der Waals surface area contributed by atoms with Crippen molar-refractivity contribution in [3.05, 3.63) is 73.8 Å². The van der Waals surface area contributed by atoms with E-state index >= 15 is 0 Å². The largest absolute Gasteiger partial charge is 0.423 e. The molecule has 1 atom stereocenters. The maximum absolute atomic E-state index is 13.0. The normalized spacial score (nSPS) is 16.9. The van der Waals surface area contributed by atoms with Crippen LogP contribution in [0.3, 0.4) is 0 Å². The molecule has 0 radical (unpaired) electrons. The number of aromatic nitrogens is 2. The summed E-state index contributed by atoms with van der Waals surface area (Å²) in [5, 5.41) is 0.781. The molecule has 1 fully saturated rings.